The molecule has 0 amide bonds. The summed E-state index contributed by atoms with van der Waals surface area (Å²) in [6.07, 6.45) is -0.735. The summed E-state index contributed by atoms with van der Waals surface area (Å²) < 4.78 is 178. The number of carbonyl (C=O) groups is 2. The summed E-state index contributed by atoms with van der Waals surface area (Å²) in [5, 5.41) is -10.2. The minimum atomic E-state index is -6.37. The number of anilines is 1. The van der Waals surface area contributed by atoms with Gasteiger partial charge < -0.3 is 19.5 Å². The zero-order chi connectivity index (χ0) is 32.9. The maximum absolute atomic E-state index is 14.5. The Bertz CT molecular complexity index is 1090. The summed E-state index contributed by atoms with van der Waals surface area (Å²) in [7, 11) is 0. The van der Waals surface area contributed by atoms with Crippen LogP contribution in [0.25, 0.3) is 0 Å². The van der Waals surface area contributed by atoms with E-state index in [9.17, 15) is 62.3 Å². The van der Waals surface area contributed by atoms with E-state index < -0.39 is 88.6 Å². The van der Waals surface area contributed by atoms with Gasteiger partial charge in [0.2, 0.25) is 0 Å². The highest BCUT2D eigenvalue weighted by atomic mass is 35.5. The number of benzene rings is 1. The smallest absolute Gasteiger partial charge is 0.394 e. The topological polar surface area (TPSA) is 73.9 Å². The Kier molecular flexibility index (Phi) is 11.5. The van der Waals surface area contributed by atoms with Crippen molar-refractivity contribution in [3.63, 3.8) is 0 Å². The van der Waals surface area contributed by atoms with Crippen LogP contribution in [0.3, 0.4) is 0 Å². The van der Waals surface area contributed by atoms with Gasteiger partial charge in [-0.25, -0.2) is 9.59 Å². The van der Waals surface area contributed by atoms with E-state index in [2.05, 4.69) is 37.4 Å². The van der Waals surface area contributed by atoms with E-state index >= 15 is 0 Å². The number of esters is 2. The second-order valence-corrected chi connectivity index (χ2v) is 8.56. The average molecular weight is 674 g/mol. The quantitative estimate of drug-likeness (QED) is 0.0722. The van der Waals surface area contributed by atoms with Crippen molar-refractivity contribution in [1.29, 1.82) is 0 Å². The number of allylic oxidation sites excluding steroid dienone is 2. The lowest BCUT2D eigenvalue weighted by Crippen LogP contribution is -2.53. The van der Waals surface area contributed by atoms with Crippen molar-refractivity contribution in [2.24, 2.45) is 0 Å². The summed E-state index contributed by atoms with van der Waals surface area (Å²) in [4.78, 5) is 23.2. The Balaban J connectivity index is 3.53. The highest BCUT2D eigenvalue weighted by Gasteiger charge is 2.74. The summed E-state index contributed by atoms with van der Waals surface area (Å²) in [6.45, 7) is 1.38. The minimum Gasteiger partial charge on any atom is -0.463 e. The second kappa shape index (κ2) is 13.1. The fourth-order valence-corrected chi connectivity index (χ4v) is 2.79. The zero-order valence-electron chi connectivity index (χ0n) is 20.7. The predicted molar refractivity (Wildman–Crippen MR) is 122 cm³/mol. The first-order valence-electron chi connectivity index (χ1n) is 10.8. The van der Waals surface area contributed by atoms with Gasteiger partial charge in [-0.15, -0.1) is 0 Å². The third-order valence-electron chi connectivity index (χ3n) is 4.59. The van der Waals surface area contributed by atoms with Crippen molar-refractivity contribution < 1.29 is 76.5 Å². The van der Waals surface area contributed by atoms with Crippen molar-refractivity contribution in [2.75, 3.05) is 18.5 Å². The Morgan fingerprint density at radius 3 is 1.52 bits per heavy atom. The monoisotopic (exact) mass is 673 g/mol. The van der Waals surface area contributed by atoms with Gasteiger partial charge >= 0.3 is 46.4 Å². The van der Waals surface area contributed by atoms with Gasteiger partial charge in [0.15, 0.2) is 5.76 Å². The van der Waals surface area contributed by atoms with Crippen molar-refractivity contribution in [3.05, 3.63) is 47.9 Å². The number of hydrogen-bond donors (Lipinski definition) is 1. The Hall–Kier alpha value is -3.02. The van der Waals surface area contributed by atoms with Crippen LogP contribution in [0.4, 0.5) is 58.4 Å². The summed E-state index contributed by atoms with van der Waals surface area (Å²) in [5.41, 5.74) is -2.97. The van der Waals surface area contributed by atoms with Crippen molar-refractivity contribution >= 4 is 40.8 Å². The van der Waals surface area contributed by atoms with Crippen LogP contribution >= 0.6 is 23.2 Å². The van der Waals surface area contributed by atoms with Gasteiger partial charge in [-0.1, -0.05) is 0 Å². The molecule has 0 fully saturated rings. The molecule has 0 bridgehead atoms. The molecule has 1 N–H and O–H groups in total. The largest absolute Gasteiger partial charge is 0.463 e. The molecule has 1 aromatic carbocycles. The van der Waals surface area contributed by atoms with E-state index in [-0.39, 0.29) is 6.08 Å². The third kappa shape index (κ3) is 8.08. The maximum atomic E-state index is 14.5. The number of carbonyl (C=O) groups excluding carboxylic acids is 2. The van der Waals surface area contributed by atoms with Gasteiger partial charge in [0.05, 0.1) is 25.0 Å². The molecule has 0 aromatic heterocycles. The molecule has 238 valence electrons. The standard InChI is InChI=1S/C22H17Cl2F12NO5/c1-3-40-15(38)9-13(17(25,26)19(29,30)21(23,33)34)37-11-5-7-12(8-6-11)42-14(10-16(39)41-4-2)18(27,28)20(31,32)22(24,35)36/h5-10,37H,3-4H2,1-2H3/b13-9-,14-10-. The molecule has 0 unspecified atom stereocenters. The maximum Gasteiger partial charge on any atom is 0.394 e. The molecule has 0 saturated carbocycles. The highest BCUT2D eigenvalue weighted by molar-refractivity contribution is 6.22. The van der Waals surface area contributed by atoms with Gasteiger partial charge in [-0.2, -0.15) is 52.7 Å². The zero-order valence-corrected chi connectivity index (χ0v) is 22.2. The number of hydrogen-bond acceptors (Lipinski definition) is 6. The van der Waals surface area contributed by atoms with Gasteiger partial charge in [0.1, 0.15) is 5.75 Å². The second-order valence-electron chi connectivity index (χ2n) is 7.62. The highest BCUT2D eigenvalue weighted by Crippen LogP contribution is 2.52. The first-order chi connectivity index (χ1) is 18.9. The molecule has 0 aliphatic heterocycles. The molecule has 42 heavy (non-hydrogen) atoms. The van der Waals surface area contributed by atoms with Crippen LogP contribution in [0.2, 0.25) is 0 Å². The lowest BCUT2D eigenvalue weighted by molar-refractivity contribution is -0.271. The Labute approximate surface area is 238 Å². The van der Waals surface area contributed by atoms with Crippen LogP contribution in [-0.4, -0.2) is 59.6 Å². The Morgan fingerprint density at radius 2 is 1.12 bits per heavy atom. The number of rotatable bonds is 14. The van der Waals surface area contributed by atoms with Gasteiger partial charge in [-0.05, 0) is 61.3 Å². The van der Waals surface area contributed by atoms with Crippen LogP contribution in [0.15, 0.2) is 47.9 Å². The fourth-order valence-electron chi connectivity index (χ4n) is 2.55. The van der Waals surface area contributed by atoms with E-state index in [0.29, 0.717) is 24.3 Å². The van der Waals surface area contributed by atoms with Crippen molar-refractivity contribution in [3.8, 4) is 5.75 Å². The molecule has 0 aliphatic carbocycles. The summed E-state index contributed by atoms with van der Waals surface area (Å²) >= 11 is 8.21. The first kappa shape index (κ1) is 37.0. The molecule has 20 heteroatoms. The van der Waals surface area contributed by atoms with Crippen molar-refractivity contribution in [1.82, 2.24) is 0 Å². The SMILES string of the molecule is CCOC(=O)/C=C(\Nc1ccc(O/C(=C\C(=O)OCC)C(F)(F)C(F)(F)C(F)(F)Cl)cc1)C(F)(F)C(F)(F)C(F)(F)Cl. The summed E-state index contributed by atoms with van der Waals surface area (Å²) in [5.74, 6) is -31.4. The van der Waals surface area contributed by atoms with Crippen LogP contribution in [0.5, 0.6) is 5.75 Å². The lowest BCUT2D eigenvalue weighted by atomic mass is 10.1. The molecule has 0 saturated heterocycles. The lowest BCUT2D eigenvalue weighted by Gasteiger charge is -2.31. The average Bonchev–Trinajstić information content (AvgIpc) is 2.83. The number of nitrogens with one attached hydrogen (secondary N) is 1. The third-order valence-corrected chi connectivity index (χ3v) is 5.07. The molecular weight excluding hydrogens is 657 g/mol. The molecule has 0 heterocycles. The van der Waals surface area contributed by atoms with Crippen LogP contribution in [-0.2, 0) is 19.1 Å². The number of alkyl halides is 14. The first-order valence-corrected chi connectivity index (χ1v) is 11.6. The van der Waals surface area contributed by atoms with E-state index in [1.807, 2.05) is 0 Å². The molecule has 0 radical (unpaired) electrons. The van der Waals surface area contributed by atoms with E-state index in [1.165, 1.54) is 12.2 Å². The van der Waals surface area contributed by atoms with Gasteiger partial charge in [-0.3, -0.25) is 0 Å². The van der Waals surface area contributed by atoms with Crippen LogP contribution in [0, 0.1) is 0 Å². The molecule has 6 nitrogen and oxygen atoms in total. The van der Waals surface area contributed by atoms with Crippen molar-refractivity contribution in [2.45, 2.75) is 48.3 Å². The van der Waals surface area contributed by atoms with E-state index in [0.717, 1.165) is 6.92 Å². The van der Waals surface area contributed by atoms with Gasteiger partial charge in [0, 0.05) is 11.8 Å². The normalized spacial score (nSPS) is 14.4. The van der Waals surface area contributed by atoms with Crippen LogP contribution < -0.4 is 10.1 Å². The molecule has 0 atom stereocenters. The molecule has 0 spiro atoms. The predicted octanol–water partition coefficient (Wildman–Crippen LogP) is 7.58. The summed E-state index contributed by atoms with van der Waals surface area (Å²) in [6, 6.07) is 1.94. The van der Waals surface area contributed by atoms with E-state index in [1.54, 1.807) is 0 Å². The molecule has 0 aliphatic rings. The van der Waals surface area contributed by atoms with Crippen LogP contribution in [0.1, 0.15) is 13.8 Å². The molecule has 1 aromatic rings. The minimum absolute atomic E-state index is 0.320. The Morgan fingerprint density at radius 1 is 0.714 bits per heavy atom. The van der Waals surface area contributed by atoms with E-state index in [4.69, 9.17) is 0 Å². The number of ether oxygens (including phenoxy) is 3. The fraction of sp³-hybridized carbons (Fsp3) is 0.455. The molecular formula is C22H17Cl2F12NO5. The molecule has 1 rings (SSSR count). The van der Waals surface area contributed by atoms with Gasteiger partial charge in [0.25, 0.3) is 0 Å². The number of halogens is 14.